The highest BCUT2D eigenvalue weighted by Crippen LogP contribution is 2.30. The molecule has 12 atom stereocenters. The van der Waals surface area contributed by atoms with Gasteiger partial charge in [-0.25, -0.2) is 0 Å². The molecular formula is C69H117NO13. The van der Waals surface area contributed by atoms with Gasteiger partial charge in [-0.15, -0.1) is 0 Å². The summed E-state index contributed by atoms with van der Waals surface area (Å²) in [4.78, 5) is 13.3. The third kappa shape index (κ3) is 37.7. The first kappa shape index (κ1) is 75.7. The summed E-state index contributed by atoms with van der Waals surface area (Å²) in [5.74, 6) is -0.222. The van der Waals surface area contributed by atoms with Gasteiger partial charge < -0.3 is 65.1 Å². The van der Waals surface area contributed by atoms with Crippen LogP contribution in [-0.2, 0) is 23.7 Å². The number of aliphatic hydroxyl groups is 8. The quantitative estimate of drug-likeness (QED) is 0.0204. The zero-order valence-corrected chi connectivity index (χ0v) is 51.4. The number of carbonyl (C=O) groups excluding carboxylic acids is 1. The molecule has 2 aliphatic rings. The third-order valence-electron chi connectivity index (χ3n) is 15.3. The molecule has 0 spiro atoms. The molecule has 2 saturated heterocycles. The van der Waals surface area contributed by atoms with E-state index in [1.165, 1.54) is 70.6 Å². The second-order valence-corrected chi connectivity index (χ2v) is 22.5. The minimum Gasteiger partial charge on any atom is -0.394 e. The first-order chi connectivity index (χ1) is 40.6. The van der Waals surface area contributed by atoms with Crippen molar-refractivity contribution in [2.45, 2.75) is 299 Å². The summed E-state index contributed by atoms with van der Waals surface area (Å²) >= 11 is 0. The molecular weight excluding hydrogens is 1050 g/mol. The van der Waals surface area contributed by atoms with E-state index in [0.29, 0.717) is 12.8 Å². The molecule has 0 saturated carbocycles. The van der Waals surface area contributed by atoms with Crippen LogP contribution >= 0.6 is 0 Å². The predicted molar refractivity (Wildman–Crippen MR) is 336 cm³/mol. The van der Waals surface area contributed by atoms with Crippen molar-refractivity contribution in [1.82, 2.24) is 5.32 Å². The van der Waals surface area contributed by atoms with Gasteiger partial charge in [-0.1, -0.05) is 245 Å². The van der Waals surface area contributed by atoms with Crippen LogP contribution in [0.1, 0.15) is 226 Å². The van der Waals surface area contributed by atoms with E-state index in [1.54, 1.807) is 0 Å². The minimum absolute atomic E-state index is 0.222. The highest BCUT2D eigenvalue weighted by molar-refractivity contribution is 5.76. The Morgan fingerprint density at radius 3 is 1.28 bits per heavy atom. The SMILES string of the molecule is CC/C=C\C/C=C\C/C=C\C/C=C\C/C=C\C/C=C\C/C=C\C/C=C\C/C=C\CCCCCCCCCC(=O)NC(COC1OC(CO)C(OC2OC(CO)C(O)C(O)C2O)C(O)C1O)C(O)CCCCCCCCCCCCCCCC. The lowest BCUT2D eigenvalue weighted by Gasteiger charge is -2.46. The van der Waals surface area contributed by atoms with Crippen LogP contribution in [0.25, 0.3) is 0 Å². The standard InChI is InChI=1S/C69H117NO13/c1-3-5-7-9-11-13-15-17-19-20-21-22-23-24-25-26-27-28-29-30-31-32-33-34-35-36-37-38-39-41-43-45-47-49-51-53-61(74)70-57(58(73)52-50-48-46-44-42-40-18-16-14-12-10-8-6-4-2)56-80-68-66(79)64(77)67(60(55-72)82-68)83-69-65(78)63(76)62(75)59(54-71)81-69/h5,7,11,13,17,19,21-22,24-25,27-28,30-31,33-34,36-37,57-60,62-69,71-73,75-79H,3-4,6,8-10,12,14-16,18,20,23,26,29,32,35,38-56H2,1-2H3,(H,70,74)/b7-5-,13-11-,19-17-,22-21-,25-24-,28-27-,31-30-,34-33-,37-36-. The maximum absolute atomic E-state index is 13.3. The normalized spacial score (nSPS) is 24.6. The van der Waals surface area contributed by atoms with E-state index in [0.717, 1.165) is 122 Å². The van der Waals surface area contributed by atoms with Crippen molar-refractivity contribution in [3.63, 3.8) is 0 Å². The Morgan fingerprint density at radius 2 is 0.831 bits per heavy atom. The predicted octanol–water partition coefficient (Wildman–Crippen LogP) is 12.4. The van der Waals surface area contributed by atoms with E-state index in [-0.39, 0.29) is 18.9 Å². The highest BCUT2D eigenvalue weighted by Gasteiger charge is 2.51. The molecule has 0 radical (unpaired) electrons. The fourth-order valence-electron chi connectivity index (χ4n) is 10.1. The van der Waals surface area contributed by atoms with Crippen molar-refractivity contribution < 1.29 is 64.6 Å². The van der Waals surface area contributed by atoms with Crippen LogP contribution < -0.4 is 5.32 Å². The number of allylic oxidation sites excluding steroid dienone is 18. The van der Waals surface area contributed by atoms with E-state index in [9.17, 15) is 45.6 Å². The Kier molecular flexibility index (Phi) is 48.3. The van der Waals surface area contributed by atoms with Crippen LogP contribution in [0.2, 0.25) is 0 Å². The second kappa shape index (κ2) is 52.9. The molecule has 1 amide bonds. The van der Waals surface area contributed by atoms with Crippen molar-refractivity contribution in [2.24, 2.45) is 0 Å². The Labute approximate surface area is 502 Å². The number of amides is 1. The average Bonchev–Trinajstić information content (AvgIpc) is 3.64. The molecule has 0 aromatic rings. The lowest BCUT2D eigenvalue weighted by molar-refractivity contribution is -0.359. The fourth-order valence-corrected chi connectivity index (χ4v) is 10.1. The lowest BCUT2D eigenvalue weighted by Crippen LogP contribution is -2.65. The van der Waals surface area contributed by atoms with E-state index >= 15 is 0 Å². The van der Waals surface area contributed by atoms with Crippen LogP contribution in [0.3, 0.4) is 0 Å². The van der Waals surface area contributed by atoms with E-state index in [1.807, 2.05) is 0 Å². The van der Waals surface area contributed by atoms with Gasteiger partial charge in [-0.3, -0.25) is 4.79 Å². The number of rotatable bonds is 51. The number of aliphatic hydroxyl groups excluding tert-OH is 8. The van der Waals surface area contributed by atoms with Gasteiger partial charge in [0.05, 0.1) is 32.0 Å². The summed E-state index contributed by atoms with van der Waals surface area (Å²) in [6.45, 7) is 2.73. The summed E-state index contributed by atoms with van der Waals surface area (Å²) in [6, 6.07) is -0.842. The molecule has 2 aliphatic heterocycles. The molecule has 12 unspecified atom stereocenters. The van der Waals surface area contributed by atoms with Crippen molar-refractivity contribution in [1.29, 1.82) is 0 Å². The largest absolute Gasteiger partial charge is 0.394 e. The Morgan fingerprint density at radius 1 is 0.446 bits per heavy atom. The number of hydrogen-bond acceptors (Lipinski definition) is 13. The summed E-state index contributed by atoms with van der Waals surface area (Å²) < 4.78 is 22.8. The van der Waals surface area contributed by atoms with Gasteiger partial charge in [0.2, 0.25) is 5.91 Å². The molecule has 2 heterocycles. The Bertz CT molecular complexity index is 1810. The monoisotopic (exact) mass is 1170 g/mol. The van der Waals surface area contributed by atoms with Crippen LogP contribution in [0.15, 0.2) is 109 Å². The van der Waals surface area contributed by atoms with Crippen LogP contribution in [0.4, 0.5) is 0 Å². The Hall–Kier alpha value is -3.35. The molecule has 0 aliphatic carbocycles. The molecule has 0 bridgehead atoms. The smallest absolute Gasteiger partial charge is 0.220 e. The van der Waals surface area contributed by atoms with E-state index in [2.05, 4.69) is 129 Å². The lowest BCUT2D eigenvalue weighted by atomic mass is 9.97. The molecule has 83 heavy (non-hydrogen) atoms. The fraction of sp³-hybridized carbons (Fsp3) is 0.725. The number of unbranched alkanes of at least 4 members (excludes halogenated alkanes) is 20. The molecule has 476 valence electrons. The van der Waals surface area contributed by atoms with Gasteiger partial charge in [-0.05, 0) is 83.5 Å². The van der Waals surface area contributed by atoms with Gasteiger partial charge in [0, 0.05) is 6.42 Å². The molecule has 0 aromatic heterocycles. The number of nitrogens with one attached hydrogen (secondary N) is 1. The van der Waals surface area contributed by atoms with Gasteiger partial charge in [-0.2, -0.15) is 0 Å². The van der Waals surface area contributed by atoms with Crippen molar-refractivity contribution >= 4 is 5.91 Å². The van der Waals surface area contributed by atoms with Crippen LogP contribution in [0.5, 0.6) is 0 Å². The summed E-state index contributed by atoms with van der Waals surface area (Å²) in [6.07, 6.45) is 58.0. The number of hydrogen-bond donors (Lipinski definition) is 9. The summed E-state index contributed by atoms with van der Waals surface area (Å²) in [5.41, 5.74) is 0. The third-order valence-corrected chi connectivity index (χ3v) is 15.3. The molecule has 14 heteroatoms. The zero-order chi connectivity index (χ0) is 60.2. The number of carbonyl (C=O) groups is 1. The van der Waals surface area contributed by atoms with Crippen molar-refractivity contribution in [3.8, 4) is 0 Å². The van der Waals surface area contributed by atoms with Crippen molar-refractivity contribution in [2.75, 3.05) is 19.8 Å². The topological polar surface area (TPSA) is 228 Å². The first-order valence-corrected chi connectivity index (χ1v) is 32.6. The average molecular weight is 1170 g/mol. The van der Waals surface area contributed by atoms with E-state index < -0.39 is 86.8 Å². The maximum Gasteiger partial charge on any atom is 0.220 e. The van der Waals surface area contributed by atoms with Crippen molar-refractivity contribution in [3.05, 3.63) is 109 Å². The molecule has 9 N–H and O–H groups in total. The van der Waals surface area contributed by atoms with Gasteiger partial charge in [0.15, 0.2) is 12.6 Å². The first-order valence-electron chi connectivity index (χ1n) is 32.6. The van der Waals surface area contributed by atoms with Gasteiger partial charge >= 0.3 is 0 Å². The highest BCUT2D eigenvalue weighted by atomic mass is 16.7. The minimum atomic E-state index is -1.79. The van der Waals surface area contributed by atoms with Gasteiger partial charge in [0.1, 0.15) is 48.8 Å². The summed E-state index contributed by atoms with van der Waals surface area (Å²) in [5, 5.41) is 87.3. The maximum atomic E-state index is 13.3. The van der Waals surface area contributed by atoms with Gasteiger partial charge in [0.25, 0.3) is 0 Å². The summed E-state index contributed by atoms with van der Waals surface area (Å²) in [7, 11) is 0. The van der Waals surface area contributed by atoms with Crippen LogP contribution in [0, 0.1) is 0 Å². The van der Waals surface area contributed by atoms with Crippen LogP contribution in [-0.4, -0.2) is 140 Å². The molecule has 0 aromatic carbocycles. The zero-order valence-electron chi connectivity index (χ0n) is 51.4. The molecule has 2 rings (SSSR count). The Balaban J connectivity index is 1.67. The number of ether oxygens (including phenoxy) is 4. The molecule has 2 fully saturated rings. The molecule has 14 nitrogen and oxygen atoms in total. The second-order valence-electron chi connectivity index (χ2n) is 22.5. The van der Waals surface area contributed by atoms with E-state index in [4.69, 9.17) is 18.9 Å².